The van der Waals surface area contributed by atoms with Gasteiger partial charge in [-0.15, -0.1) is 0 Å². The molecule has 106 valence electrons. The van der Waals surface area contributed by atoms with Crippen molar-refractivity contribution in [3.63, 3.8) is 0 Å². The second-order valence-electron chi connectivity index (χ2n) is 4.82. The molecule has 2 aromatic rings. The standard InChI is InChI=1S/C16H14N2O2S/c1-11-5-2-3-6-12(11)9-14-15(19)18(16(21)17-14)10-13-7-4-8-20-13/h2-9H,10H2,1H3,(H,17,21)/b14-9+. The molecule has 0 radical (unpaired) electrons. The van der Waals surface area contributed by atoms with Crippen LogP contribution in [-0.2, 0) is 11.3 Å². The van der Waals surface area contributed by atoms with Crippen molar-refractivity contribution < 1.29 is 9.21 Å². The van der Waals surface area contributed by atoms with E-state index in [9.17, 15) is 4.79 Å². The van der Waals surface area contributed by atoms with Crippen LogP contribution < -0.4 is 5.32 Å². The first-order valence-corrected chi connectivity index (χ1v) is 6.98. The molecule has 0 unspecified atom stereocenters. The molecule has 0 saturated carbocycles. The van der Waals surface area contributed by atoms with E-state index < -0.39 is 0 Å². The molecule has 1 N–H and O–H groups in total. The van der Waals surface area contributed by atoms with E-state index >= 15 is 0 Å². The van der Waals surface area contributed by atoms with Gasteiger partial charge in [-0.25, -0.2) is 0 Å². The number of carbonyl (C=O) groups excluding carboxylic acids is 1. The van der Waals surface area contributed by atoms with Gasteiger partial charge in [-0.1, -0.05) is 24.3 Å². The molecule has 1 aliphatic heterocycles. The summed E-state index contributed by atoms with van der Waals surface area (Å²) in [5.74, 6) is 0.560. The summed E-state index contributed by atoms with van der Waals surface area (Å²) in [5.41, 5.74) is 2.59. The molecule has 0 aliphatic carbocycles. The first kappa shape index (κ1) is 13.6. The third kappa shape index (κ3) is 2.73. The molecule has 0 bridgehead atoms. The van der Waals surface area contributed by atoms with Gasteiger partial charge in [0, 0.05) is 0 Å². The third-order valence-electron chi connectivity index (χ3n) is 3.34. The van der Waals surface area contributed by atoms with E-state index in [2.05, 4.69) is 5.32 Å². The Labute approximate surface area is 128 Å². The van der Waals surface area contributed by atoms with Crippen molar-refractivity contribution in [1.29, 1.82) is 0 Å². The van der Waals surface area contributed by atoms with E-state index in [1.807, 2.05) is 43.3 Å². The lowest BCUT2D eigenvalue weighted by Crippen LogP contribution is -2.29. The Balaban J connectivity index is 1.85. The number of benzene rings is 1. The average molecular weight is 298 g/mol. The number of nitrogens with zero attached hydrogens (tertiary/aromatic N) is 1. The number of hydrogen-bond donors (Lipinski definition) is 1. The zero-order valence-corrected chi connectivity index (χ0v) is 12.3. The van der Waals surface area contributed by atoms with Gasteiger partial charge in [-0.3, -0.25) is 9.69 Å². The summed E-state index contributed by atoms with van der Waals surface area (Å²) >= 11 is 5.23. The SMILES string of the molecule is Cc1ccccc1/C=C1/NC(=S)N(Cc2ccco2)C1=O. The van der Waals surface area contributed by atoms with E-state index in [1.165, 1.54) is 4.90 Å². The largest absolute Gasteiger partial charge is 0.467 e. The second kappa shape index (κ2) is 5.54. The molecule has 0 spiro atoms. The second-order valence-corrected chi connectivity index (χ2v) is 5.20. The maximum atomic E-state index is 12.4. The van der Waals surface area contributed by atoms with Gasteiger partial charge in [0.15, 0.2) is 5.11 Å². The van der Waals surface area contributed by atoms with Crippen molar-refractivity contribution in [2.45, 2.75) is 13.5 Å². The van der Waals surface area contributed by atoms with Gasteiger partial charge in [0.2, 0.25) is 0 Å². The van der Waals surface area contributed by atoms with Crippen LogP contribution in [0.15, 0.2) is 52.8 Å². The molecule has 3 rings (SSSR count). The first-order valence-electron chi connectivity index (χ1n) is 6.58. The Morgan fingerprint density at radius 1 is 1.29 bits per heavy atom. The van der Waals surface area contributed by atoms with E-state index in [4.69, 9.17) is 16.6 Å². The highest BCUT2D eigenvalue weighted by Crippen LogP contribution is 2.18. The van der Waals surface area contributed by atoms with E-state index in [0.29, 0.717) is 23.1 Å². The van der Waals surface area contributed by atoms with Gasteiger partial charge in [-0.2, -0.15) is 0 Å². The van der Waals surface area contributed by atoms with Crippen LogP contribution in [0, 0.1) is 6.92 Å². The lowest BCUT2D eigenvalue weighted by Gasteiger charge is -2.11. The normalized spacial score (nSPS) is 16.6. The molecular formula is C16H14N2O2S. The van der Waals surface area contributed by atoms with Crippen LogP contribution in [-0.4, -0.2) is 15.9 Å². The van der Waals surface area contributed by atoms with Crippen molar-refractivity contribution in [2.75, 3.05) is 0 Å². The number of furan rings is 1. The van der Waals surface area contributed by atoms with Crippen molar-refractivity contribution in [1.82, 2.24) is 10.2 Å². The van der Waals surface area contributed by atoms with Crippen LogP contribution >= 0.6 is 12.2 Å². The predicted molar refractivity (Wildman–Crippen MR) is 84.1 cm³/mol. The first-order chi connectivity index (χ1) is 10.1. The minimum absolute atomic E-state index is 0.139. The van der Waals surface area contributed by atoms with Crippen molar-refractivity contribution in [3.05, 3.63) is 65.2 Å². The Morgan fingerprint density at radius 3 is 2.81 bits per heavy atom. The summed E-state index contributed by atoms with van der Waals surface area (Å²) in [7, 11) is 0. The van der Waals surface area contributed by atoms with Crippen LogP contribution in [0.1, 0.15) is 16.9 Å². The highest BCUT2D eigenvalue weighted by Gasteiger charge is 2.31. The fourth-order valence-corrected chi connectivity index (χ4v) is 2.44. The van der Waals surface area contributed by atoms with Gasteiger partial charge in [0.1, 0.15) is 11.5 Å². The molecule has 1 amide bonds. The van der Waals surface area contributed by atoms with E-state index in [0.717, 1.165) is 11.1 Å². The molecule has 1 saturated heterocycles. The van der Waals surface area contributed by atoms with E-state index in [1.54, 1.807) is 12.3 Å². The van der Waals surface area contributed by atoms with Gasteiger partial charge < -0.3 is 9.73 Å². The molecular weight excluding hydrogens is 284 g/mol. The molecule has 0 atom stereocenters. The smallest absolute Gasteiger partial charge is 0.276 e. The number of rotatable bonds is 3. The fourth-order valence-electron chi connectivity index (χ4n) is 2.18. The highest BCUT2D eigenvalue weighted by molar-refractivity contribution is 7.80. The zero-order valence-electron chi connectivity index (χ0n) is 11.5. The molecule has 4 nitrogen and oxygen atoms in total. The Bertz CT molecular complexity index is 720. The minimum atomic E-state index is -0.139. The van der Waals surface area contributed by atoms with E-state index in [-0.39, 0.29) is 5.91 Å². The quantitative estimate of drug-likeness (QED) is 0.699. The Hall–Kier alpha value is -2.40. The van der Waals surface area contributed by atoms with Crippen LogP contribution in [0.2, 0.25) is 0 Å². The van der Waals surface area contributed by atoms with Gasteiger partial charge >= 0.3 is 0 Å². The van der Waals surface area contributed by atoms with Crippen LogP contribution in [0.3, 0.4) is 0 Å². The Morgan fingerprint density at radius 2 is 2.10 bits per heavy atom. The topological polar surface area (TPSA) is 45.5 Å². The summed E-state index contributed by atoms with van der Waals surface area (Å²) in [4.78, 5) is 13.9. The highest BCUT2D eigenvalue weighted by atomic mass is 32.1. The third-order valence-corrected chi connectivity index (χ3v) is 3.67. The molecule has 5 heteroatoms. The monoisotopic (exact) mass is 298 g/mol. The summed E-state index contributed by atoms with van der Waals surface area (Å²) in [6, 6.07) is 11.5. The van der Waals surface area contributed by atoms with Crippen molar-refractivity contribution in [3.8, 4) is 0 Å². The summed E-state index contributed by atoms with van der Waals surface area (Å²) in [6.45, 7) is 2.34. The lowest BCUT2D eigenvalue weighted by molar-refractivity contribution is -0.122. The minimum Gasteiger partial charge on any atom is -0.467 e. The average Bonchev–Trinajstić information content (AvgIpc) is 3.06. The fraction of sp³-hybridized carbons (Fsp3) is 0.125. The van der Waals surface area contributed by atoms with Crippen LogP contribution in [0.4, 0.5) is 0 Å². The molecule has 1 fully saturated rings. The predicted octanol–water partition coefficient (Wildman–Crippen LogP) is 2.85. The molecule has 1 aromatic carbocycles. The van der Waals surface area contributed by atoms with Gasteiger partial charge in [0.05, 0.1) is 12.8 Å². The molecule has 1 aromatic heterocycles. The number of thiocarbonyl (C=S) groups is 1. The zero-order chi connectivity index (χ0) is 14.8. The van der Waals surface area contributed by atoms with Crippen molar-refractivity contribution in [2.24, 2.45) is 0 Å². The van der Waals surface area contributed by atoms with Gasteiger partial charge in [-0.05, 0) is 48.5 Å². The van der Waals surface area contributed by atoms with Crippen LogP contribution in [0.5, 0.6) is 0 Å². The number of nitrogens with one attached hydrogen (secondary N) is 1. The Kier molecular flexibility index (Phi) is 3.58. The number of hydrogen-bond acceptors (Lipinski definition) is 3. The van der Waals surface area contributed by atoms with Crippen LogP contribution in [0.25, 0.3) is 6.08 Å². The summed E-state index contributed by atoms with van der Waals surface area (Å²) < 4.78 is 5.26. The lowest BCUT2D eigenvalue weighted by atomic mass is 10.1. The molecule has 1 aliphatic rings. The van der Waals surface area contributed by atoms with Crippen molar-refractivity contribution >= 4 is 29.3 Å². The summed E-state index contributed by atoms with van der Waals surface area (Å²) in [5, 5.41) is 3.37. The molecule has 2 heterocycles. The maximum Gasteiger partial charge on any atom is 0.276 e. The van der Waals surface area contributed by atoms with Gasteiger partial charge in [0.25, 0.3) is 5.91 Å². The number of carbonyl (C=O) groups is 1. The number of aryl methyl sites for hydroxylation is 1. The molecule has 21 heavy (non-hydrogen) atoms. The summed E-state index contributed by atoms with van der Waals surface area (Å²) in [6.07, 6.45) is 3.41. The number of amides is 1. The maximum absolute atomic E-state index is 12.4.